The van der Waals surface area contributed by atoms with Gasteiger partial charge in [-0.15, -0.1) is 16.3 Å². The minimum Gasteiger partial charge on any atom is -0.384 e. The first kappa shape index (κ1) is 25.4. The van der Waals surface area contributed by atoms with Crippen molar-refractivity contribution in [3.05, 3.63) is 63.6 Å². The summed E-state index contributed by atoms with van der Waals surface area (Å²) in [5, 5.41) is 19.0. The van der Waals surface area contributed by atoms with Gasteiger partial charge in [-0.3, -0.25) is 9.69 Å². The normalized spacial score (nSPS) is 21.7. The van der Waals surface area contributed by atoms with Crippen LogP contribution in [0, 0.1) is 6.57 Å². The number of thiophene rings is 1. The van der Waals surface area contributed by atoms with E-state index in [-0.39, 0.29) is 40.9 Å². The van der Waals surface area contributed by atoms with Crippen LogP contribution in [0.1, 0.15) is 36.1 Å². The van der Waals surface area contributed by atoms with E-state index in [4.69, 9.17) is 6.57 Å². The van der Waals surface area contributed by atoms with Gasteiger partial charge in [0.05, 0.1) is 12.1 Å². The summed E-state index contributed by atoms with van der Waals surface area (Å²) < 4.78 is 39.6. The molecule has 2 fully saturated rings. The van der Waals surface area contributed by atoms with Crippen molar-refractivity contribution in [3.8, 4) is 0 Å². The minimum absolute atomic E-state index is 0.0298. The Morgan fingerprint density at radius 2 is 2.00 bits per heavy atom. The Bertz CT molecular complexity index is 1320. The van der Waals surface area contributed by atoms with Crippen LogP contribution in [0.2, 0.25) is 0 Å². The number of halogens is 3. The first-order valence-corrected chi connectivity index (χ1v) is 13.0. The number of aliphatic hydroxyl groups is 1. The van der Waals surface area contributed by atoms with E-state index >= 15 is 0 Å². The summed E-state index contributed by atoms with van der Waals surface area (Å²) in [5.74, 6) is -0.236. The number of aromatic nitrogens is 1. The molecule has 3 heterocycles. The monoisotopic (exact) mass is 529 g/mol. The third-order valence-electron chi connectivity index (χ3n) is 7.28. The summed E-state index contributed by atoms with van der Waals surface area (Å²) in [4.78, 5) is 23.3. The molecule has 0 atom stereocenters. The number of likely N-dealkylation sites (tertiary alicyclic amines) is 1. The molecular formula is C26H26F3N5O2S. The second-order valence-corrected chi connectivity index (χ2v) is 10.6. The number of hydrogen-bond donors (Lipinski definition) is 3. The molecular weight excluding hydrogens is 503 g/mol. The summed E-state index contributed by atoms with van der Waals surface area (Å²) >= 11 is 1.58. The number of fused-ring (bicyclic) bond motifs is 1. The fourth-order valence-electron chi connectivity index (χ4n) is 5.10. The van der Waals surface area contributed by atoms with Gasteiger partial charge in [-0.1, -0.05) is 12.6 Å². The number of amides is 1. The molecule has 2 aliphatic rings. The van der Waals surface area contributed by atoms with Gasteiger partial charge in [-0.2, -0.15) is 13.2 Å². The quantitative estimate of drug-likeness (QED) is 0.396. The molecule has 1 amide bonds. The van der Waals surface area contributed by atoms with Crippen LogP contribution in [0.3, 0.4) is 0 Å². The molecule has 2 aromatic heterocycles. The van der Waals surface area contributed by atoms with Gasteiger partial charge in [-0.25, -0.2) is 0 Å². The number of anilines is 1. The van der Waals surface area contributed by atoms with E-state index in [0.29, 0.717) is 18.9 Å². The zero-order valence-electron chi connectivity index (χ0n) is 19.9. The third-order valence-corrected chi connectivity index (χ3v) is 8.34. The largest absolute Gasteiger partial charge is 0.416 e. The van der Waals surface area contributed by atoms with Gasteiger partial charge in [0.2, 0.25) is 5.91 Å². The van der Waals surface area contributed by atoms with E-state index in [1.807, 2.05) is 17.5 Å². The Morgan fingerprint density at radius 1 is 1.24 bits per heavy atom. The van der Waals surface area contributed by atoms with Crippen LogP contribution in [0.25, 0.3) is 15.7 Å². The topological polar surface area (TPSA) is 81.9 Å². The Labute approximate surface area is 216 Å². The lowest BCUT2D eigenvalue weighted by Crippen LogP contribution is -2.57. The van der Waals surface area contributed by atoms with Crippen molar-refractivity contribution in [2.75, 3.05) is 25.0 Å². The summed E-state index contributed by atoms with van der Waals surface area (Å²) in [6, 6.07) is 8.82. The zero-order chi connectivity index (χ0) is 26.2. The predicted molar refractivity (Wildman–Crippen MR) is 135 cm³/mol. The molecule has 0 spiro atoms. The van der Waals surface area contributed by atoms with Crippen molar-refractivity contribution in [1.82, 2.24) is 15.2 Å². The molecule has 1 saturated heterocycles. The zero-order valence-corrected chi connectivity index (χ0v) is 20.7. The number of pyridine rings is 1. The van der Waals surface area contributed by atoms with Crippen molar-refractivity contribution < 1.29 is 23.1 Å². The van der Waals surface area contributed by atoms with Crippen molar-refractivity contribution in [2.24, 2.45) is 0 Å². The Morgan fingerprint density at radius 3 is 2.65 bits per heavy atom. The van der Waals surface area contributed by atoms with E-state index in [9.17, 15) is 23.1 Å². The molecule has 0 bridgehead atoms. The van der Waals surface area contributed by atoms with E-state index < -0.39 is 17.3 Å². The molecule has 1 saturated carbocycles. The lowest BCUT2D eigenvalue weighted by molar-refractivity contribution is -0.137. The van der Waals surface area contributed by atoms with Gasteiger partial charge in [-0.05, 0) is 61.4 Å². The lowest BCUT2D eigenvalue weighted by atomic mass is 9.82. The van der Waals surface area contributed by atoms with Crippen molar-refractivity contribution in [3.63, 3.8) is 0 Å². The fraction of sp³-hybridized carbons (Fsp3) is 0.423. The Balaban J connectivity index is 1.14. The summed E-state index contributed by atoms with van der Waals surface area (Å²) in [6.07, 6.45) is -1.50. The third kappa shape index (κ3) is 5.42. The standard InChI is InChI=1S/C26H26F3N5O2S/c1-30-23-14-21(19-11-16(26(27,28)29)4-5-20(19)33-23)31-15-24(35)32-17-12-18(13-17)34-8-6-25(36,7-9-34)22-3-2-10-37-22/h2-5,10-11,14,17-18,36H,6-9,12-13,15H2,(H,31,33)(H,32,35). The maximum atomic E-state index is 13.2. The summed E-state index contributed by atoms with van der Waals surface area (Å²) in [5.41, 5.74) is -1.07. The van der Waals surface area contributed by atoms with Crippen molar-refractivity contribution >= 4 is 39.7 Å². The number of carbonyl (C=O) groups excluding carboxylic acids is 1. The van der Waals surface area contributed by atoms with E-state index in [2.05, 4.69) is 25.4 Å². The molecule has 1 aromatic carbocycles. The van der Waals surface area contributed by atoms with Crippen LogP contribution < -0.4 is 10.6 Å². The van der Waals surface area contributed by atoms with Gasteiger partial charge >= 0.3 is 6.18 Å². The molecule has 1 aliphatic heterocycles. The number of piperidine rings is 1. The summed E-state index contributed by atoms with van der Waals surface area (Å²) in [6.45, 7) is 8.70. The number of nitrogens with one attached hydrogen (secondary N) is 2. The SMILES string of the molecule is [C-]#[N+]c1cc(NCC(=O)NC2CC(N3CCC(O)(c4cccs4)CC3)C2)c2cc(C(F)(F)F)ccc2n1. The highest BCUT2D eigenvalue weighted by molar-refractivity contribution is 7.10. The predicted octanol–water partition coefficient (Wildman–Crippen LogP) is 4.91. The van der Waals surface area contributed by atoms with Crippen LogP contribution in [0.15, 0.2) is 41.8 Å². The number of nitrogens with zero attached hydrogens (tertiary/aromatic N) is 3. The molecule has 37 heavy (non-hydrogen) atoms. The highest BCUT2D eigenvalue weighted by Crippen LogP contribution is 2.38. The number of rotatable bonds is 6. The van der Waals surface area contributed by atoms with Crippen molar-refractivity contribution in [2.45, 2.75) is 49.5 Å². The van der Waals surface area contributed by atoms with Crippen LogP contribution >= 0.6 is 11.3 Å². The Kier molecular flexibility index (Phi) is 6.83. The second kappa shape index (κ2) is 9.93. The molecule has 7 nitrogen and oxygen atoms in total. The van der Waals surface area contributed by atoms with Crippen LogP contribution in [-0.2, 0) is 16.6 Å². The average molecular weight is 530 g/mol. The van der Waals surface area contributed by atoms with Gasteiger partial charge in [0, 0.05) is 41.1 Å². The molecule has 5 rings (SSSR count). The molecule has 0 unspecified atom stereocenters. The van der Waals surface area contributed by atoms with Crippen LogP contribution in [0.4, 0.5) is 24.7 Å². The van der Waals surface area contributed by atoms with E-state index in [1.54, 1.807) is 11.3 Å². The van der Waals surface area contributed by atoms with Crippen LogP contribution in [-0.4, -0.2) is 52.6 Å². The minimum atomic E-state index is -4.51. The number of alkyl halides is 3. The van der Waals surface area contributed by atoms with Gasteiger partial charge in [0.1, 0.15) is 5.60 Å². The smallest absolute Gasteiger partial charge is 0.384 e. The Hall–Kier alpha value is -3.20. The van der Waals surface area contributed by atoms with Crippen molar-refractivity contribution in [1.29, 1.82) is 0 Å². The molecule has 11 heteroatoms. The maximum Gasteiger partial charge on any atom is 0.416 e. The van der Waals surface area contributed by atoms with Crippen LogP contribution in [0.5, 0.6) is 0 Å². The number of benzene rings is 1. The first-order valence-electron chi connectivity index (χ1n) is 12.1. The van der Waals surface area contributed by atoms with E-state index in [0.717, 1.165) is 42.9 Å². The summed E-state index contributed by atoms with van der Waals surface area (Å²) in [7, 11) is 0. The first-order chi connectivity index (χ1) is 17.6. The number of hydrogen-bond acceptors (Lipinski definition) is 6. The molecule has 3 aromatic rings. The highest BCUT2D eigenvalue weighted by atomic mass is 32.1. The lowest BCUT2D eigenvalue weighted by Gasteiger charge is -2.47. The second-order valence-electron chi connectivity index (χ2n) is 9.66. The molecule has 1 aliphatic carbocycles. The van der Waals surface area contributed by atoms with Gasteiger partial charge in [0.25, 0.3) is 5.82 Å². The van der Waals surface area contributed by atoms with E-state index in [1.165, 1.54) is 12.1 Å². The van der Waals surface area contributed by atoms with Gasteiger partial charge in [0.15, 0.2) is 5.52 Å². The highest BCUT2D eigenvalue weighted by Gasteiger charge is 2.40. The maximum absolute atomic E-state index is 13.2. The molecule has 3 N–H and O–H groups in total. The molecule has 194 valence electrons. The number of carbonyl (C=O) groups is 1. The molecule has 0 radical (unpaired) electrons. The fourth-order valence-corrected chi connectivity index (χ4v) is 5.98. The average Bonchev–Trinajstić information content (AvgIpc) is 3.40. The van der Waals surface area contributed by atoms with Gasteiger partial charge < -0.3 is 20.6 Å².